The van der Waals surface area contributed by atoms with Crippen LogP contribution in [-0.4, -0.2) is 18.3 Å². The monoisotopic (exact) mass is 265 g/mol. The molecule has 1 atom stereocenters. The summed E-state index contributed by atoms with van der Waals surface area (Å²) in [5.74, 6) is -0.763. The molecule has 5 heteroatoms. The topological polar surface area (TPSA) is 44.5 Å². The van der Waals surface area contributed by atoms with Crippen molar-refractivity contribution in [2.75, 3.05) is 0 Å². The van der Waals surface area contributed by atoms with Crippen molar-refractivity contribution >= 4 is 7.12 Å². The minimum Gasteiger partial charge on any atom is -0.402 e. The second-order valence-corrected chi connectivity index (χ2v) is 6.10. The third-order valence-corrected chi connectivity index (χ3v) is 4.23. The predicted octanol–water partition coefficient (Wildman–Crippen LogP) is 2.77. The molecule has 1 aromatic carbocycles. The second kappa shape index (κ2) is 4.58. The quantitative estimate of drug-likeness (QED) is 0.836. The molecule has 0 unspecified atom stereocenters. The summed E-state index contributed by atoms with van der Waals surface area (Å²) in [5, 5.41) is 0. The zero-order valence-corrected chi connectivity index (χ0v) is 12.2. The van der Waals surface area contributed by atoms with E-state index in [9.17, 15) is 4.39 Å². The lowest BCUT2D eigenvalue weighted by Crippen LogP contribution is -2.41. The minimum absolute atomic E-state index is 0.260. The highest BCUT2D eigenvalue weighted by Crippen LogP contribution is 2.39. The summed E-state index contributed by atoms with van der Waals surface area (Å²) in [5.41, 5.74) is 6.59. The maximum Gasteiger partial charge on any atom is 0.480 e. The Kier molecular flexibility index (Phi) is 3.50. The highest BCUT2D eigenvalue weighted by Gasteiger charge is 2.53. The molecule has 0 radical (unpaired) electrons. The van der Waals surface area contributed by atoms with Gasteiger partial charge in [0, 0.05) is 0 Å². The highest BCUT2D eigenvalue weighted by atomic mass is 19.1. The average molecular weight is 265 g/mol. The third-order valence-electron chi connectivity index (χ3n) is 4.23. The predicted molar refractivity (Wildman–Crippen MR) is 74.1 cm³/mol. The first-order valence-corrected chi connectivity index (χ1v) is 6.52. The first kappa shape index (κ1) is 14.5. The van der Waals surface area contributed by atoms with Gasteiger partial charge in [-0.1, -0.05) is 12.1 Å². The number of rotatable bonds is 2. The number of nitrogens with two attached hydrogens (primary N) is 1. The number of halogens is 1. The van der Waals surface area contributed by atoms with Gasteiger partial charge in [0.1, 0.15) is 5.82 Å². The summed E-state index contributed by atoms with van der Waals surface area (Å²) in [4.78, 5) is 0. The molecule has 1 saturated heterocycles. The molecule has 0 bridgehead atoms. The Balaban J connectivity index is 2.27. The van der Waals surface area contributed by atoms with E-state index in [0.717, 1.165) is 5.56 Å². The molecular weight excluding hydrogens is 244 g/mol. The highest BCUT2D eigenvalue weighted by molar-refractivity contribution is 6.47. The molecule has 1 fully saturated rings. The van der Waals surface area contributed by atoms with E-state index in [-0.39, 0.29) is 5.82 Å². The van der Waals surface area contributed by atoms with Crippen molar-refractivity contribution in [2.45, 2.75) is 51.8 Å². The molecule has 19 heavy (non-hydrogen) atoms. The van der Waals surface area contributed by atoms with Gasteiger partial charge in [-0.05, 0) is 51.8 Å². The molecule has 2 rings (SSSR count). The van der Waals surface area contributed by atoms with Gasteiger partial charge in [-0.15, -0.1) is 0 Å². The SMILES string of the molecule is Cc1c(F)cccc1[C@@H](N)B1OC(C)(C)C(C)(C)O1. The van der Waals surface area contributed by atoms with Crippen LogP contribution in [0.5, 0.6) is 0 Å². The van der Waals surface area contributed by atoms with Crippen LogP contribution in [0.15, 0.2) is 18.2 Å². The molecule has 1 heterocycles. The molecule has 0 aliphatic carbocycles. The number of benzene rings is 1. The van der Waals surface area contributed by atoms with Crippen molar-refractivity contribution in [3.8, 4) is 0 Å². The number of hydrogen-bond acceptors (Lipinski definition) is 3. The van der Waals surface area contributed by atoms with Gasteiger partial charge in [-0.3, -0.25) is 0 Å². The lowest BCUT2D eigenvalue weighted by atomic mass is 9.73. The molecule has 1 aromatic rings. The van der Waals surface area contributed by atoms with Gasteiger partial charge in [0.05, 0.1) is 17.1 Å². The van der Waals surface area contributed by atoms with Crippen LogP contribution in [0.4, 0.5) is 4.39 Å². The van der Waals surface area contributed by atoms with E-state index >= 15 is 0 Å². The van der Waals surface area contributed by atoms with Crippen LogP contribution in [-0.2, 0) is 9.31 Å². The summed E-state index contributed by atoms with van der Waals surface area (Å²) in [6.07, 6.45) is 0. The summed E-state index contributed by atoms with van der Waals surface area (Å²) >= 11 is 0. The van der Waals surface area contributed by atoms with Crippen LogP contribution in [0.25, 0.3) is 0 Å². The molecule has 0 aromatic heterocycles. The molecule has 1 aliphatic heterocycles. The summed E-state index contributed by atoms with van der Waals surface area (Å²) in [6, 6.07) is 4.90. The Morgan fingerprint density at radius 1 is 1.16 bits per heavy atom. The van der Waals surface area contributed by atoms with Crippen LogP contribution >= 0.6 is 0 Å². The van der Waals surface area contributed by atoms with E-state index in [4.69, 9.17) is 15.0 Å². The molecule has 2 N–H and O–H groups in total. The van der Waals surface area contributed by atoms with Gasteiger partial charge in [0.15, 0.2) is 0 Å². The minimum atomic E-state index is -0.564. The van der Waals surface area contributed by atoms with E-state index < -0.39 is 24.3 Å². The lowest BCUT2D eigenvalue weighted by Gasteiger charge is -2.32. The van der Waals surface area contributed by atoms with Crippen LogP contribution in [0.2, 0.25) is 0 Å². The van der Waals surface area contributed by atoms with Crippen LogP contribution in [0.3, 0.4) is 0 Å². The van der Waals surface area contributed by atoms with E-state index in [2.05, 4.69) is 0 Å². The number of hydrogen-bond donors (Lipinski definition) is 1. The third kappa shape index (κ3) is 2.42. The Morgan fingerprint density at radius 3 is 2.21 bits per heavy atom. The van der Waals surface area contributed by atoms with Gasteiger partial charge >= 0.3 is 7.12 Å². The fourth-order valence-corrected chi connectivity index (χ4v) is 2.17. The first-order valence-electron chi connectivity index (χ1n) is 6.52. The van der Waals surface area contributed by atoms with Crippen LogP contribution in [0, 0.1) is 12.7 Å². The van der Waals surface area contributed by atoms with Crippen LogP contribution < -0.4 is 5.73 Å². The lowest BCUT2D eigenvalue weighted by molar-refractivity contribution is 0.00578. The van der Waals surface area contributed by atoms with Crippen molar-refractivity contribution in [3.05, 3.63) is 35.1 Å². The fraction of sp³-hybridized carbons (Fsp3) is 0.571. The Bertz CT molecular complexity index is 474. The van der Waals surface area contributed by atoms with Crippen molar-refractivity contribution < 1.29 is 13.7 Å². The summed E-state index contributed by atoms with van der Waals surface area (Å²) in [7, 11) is -0.564. The molecule has 0 saturated carbocycles. The van der Waals surface area contributed by atoms with Crippen molar-refractivity contribution in [3.63, 3.8) is 0 Å². The largest absolute Gasteiger partial charge is 0.480 e. The normalized spacial score (nSPS) is 22.6. The Morgan fingerprint density at radius 2 is 1.68 bits per heavy atom. The van der Waals surface area contributed by atoms with E-state index in [1.54, 1.807) is 13.0 Å². The maximum atomic E-state index is 13.6. The van der Waals surface area contributed by atoms with Crippen molar-refractivity contribution in [1.82, 2.24) is 0 Å². The Labute approximate surface area is 114 Å². The van der Waals surface area contributed by atoms with Gasteiger partial charge in [0.2, 0.25) is 0 Å². The molecule has 1 aliphatic rings. The summed E-state index contributed by atoms with van der Waals surface area (Å²) < 4.78 is 25.4. The molecule has 0 spiro atoms. The first-order chi connectivity index (χ1) is 8.66. The zero-order chi connectivity index (χ0) is 14.4. The van der Waals surface area contributed by atoms with Crippen LogP contribution in [0.1, 0.15) is 44.8 Å². The van der Waals surface area contributed by atoms with Gasteiger partial charge in [-0.2, -0.15) is 0 Å². The molecular formula is C14H21BFNO2. The second-order valence-electron chi connectivity index (χ2n) is 6.10. The molecule has 3 nitrogen and oxygen atoms in total. The maximum absolute atomic E-state index is 13.6. The zero-order valence-electron chi connectivity index (χ0n) is 12.2. The van der Waals surface area contributed by atoms with Gasteiger partial charge < -0.3 is 15.0 Å². The van der Waals surface area contributed by atoms with Crippen molar-refractivity contribution in [1.29, 1.82) is 0 Å². The van der Waals surface area contributed by atoms with E-state index in [1.165, 1.54) is 6.07 Å². The van der Waals surface area contributed by atoms with Gasteiger partial charge in [-0.25, -0.2) is 4.39 Å². The van der Waals surface area contributed by atoms with E-state index in [0.29, 0.717) is 5.56 Å². The standard InChI is InChI=1S/C14H21BFNO2/c1-9-10(7-6-8-11(9)16)12(17)15-18-13(2,3)14(4,5)19-15/h6-8,12H,17H2,1-5H3/t12-/m1/s1. The van der Waals surface area contributed by atoms with Gasteiger partial charge in [0.25, 0.3) is 0 Å². The average Bonchev–Trinajstić information content (AvgIpc) is 2.51. The fourth-order valence-electron chi connectivity index (χ4n) is 2.17. The van der Waals surface area contributed by atoms with E-state index in [1.807, 2.05) is 33.8 Å². The van der Waals surface area contributed by atoms with Crippen molar-refractivity contribution in [2.24, 2.45) is 5.73 Å². The molecule has 104 valence electrons. The smallest absolute Gasteiger partial charge is 0.402 e. The molecule has 0 amide bonds. The Hall–Kier alpha value is -0.905. The summed E-state index contributed by atoms with van der Waals surface area (Å²) in [6.45, 7) is 9.60.